The summed E-state index contributed by atoms with van der Waals surface area (Å²) in [4.78, 5) is 26.3. The molecule has 130 valence electrons. The van der Waals surface area contributed by atoms with Crippen LogP contribution in [0.5, 0.6) is 5.75 Å². The highest BCUT2D eigenvalue weighted by Crippen LogP contribution is 2.33. The van der Waals surface area contributed by atoms with Crippen molar-refractivity contribution in [1.82, 2.24) is 5.32 Å². The van der Waals surface area contributed by atoms with Crippen LogP contribution in [0.4, 0.5) is 11.4 Å². The van der Waals surface area contributed by atoms with Crippen LogP contribution in [0.25, 0.3) is 0 Å². The standard InChI is InChI=1S/C18H18BrN3O3/c1-20-18(24)16-10-22(14-8-4-5-9-15(14)25-16)11-17(23)21-13-7-3-2-6-12(13)19/h2-9,16H,10-11H2,1H3,(H,20,24)(H,21,23)/t16-/m0/s1. The molecule has 1 atom stereocenters. The van der Waals surface area contributed by atoms with Gasteiger partial charge in [-0.1, -0.05) is 24.3 Å². The van der Waals surface area contributed by atoms with Gasteiger partial charge in [-0.2, -0.15) is 0 Å². The van der Waals surface area contributed by atoms with E-state index < -0.39 is 6.10 Å². The molecule has 0 unspecified atom stereocenters. The van der Waals surface area contributed by atoms with Gasteiger partial charge in [-0.15, -0.1) is 0 Å². The van der Waals surface area contributed by atoms with Crippen molar-refractivity contribution in [1.29, 1.82) is 0 Å². The molecule has 0 aromatic heterocycles. The van der Waals surface area contributed by atoms with Gasteiger partial charge >= 0.3 is 0 Å². The summed E-state index contributed by atoms with van der Waals surface area (Å²) in [6.07, 6.45) is -0.656. The number of amides is 2. The minimum atomic E-state index is -0.656. The Morgan fingerprint density at radius 1 is 1.20 bits per heavy atom. The first-order valence-corrected chi connectivity index (χ1v) is 8.64. The van der Waals surface area contributed by atoms with Gasteiger partial charge in [0, 0.05) is 11.5 Å². The monoisotopic (exact) mass is 403 g/mol. The summed E-state index contributed by atoms with van der Waals surface area (Å²) in [5.41, 5.74) is 1.50. The second kappa shape index (κ2) is 7.57. The molecule has 1 heterocycles. The van der Waals surface area contributed by atoms with E-state index in [1.807, 2.05) is 47.4 Å². The molecule has 1 aliphatic heterocycles. The Labute approximate surface area is 154 Å². The number of nitrogens with one attached hydrogen (secondary N) is 2. The van der Waals surface area contributed by atoms with Gasteiger partial charge in [-0.25, -0.2) is 0 Å². The first-order valence-electron chi connectivity index (χ1n) is 7.85. The molecule has 0 aliphatic carbocycles. The zero-order valence-electron chi connectivity index (χ0n) is 13.7. The van der Waals surface area contributed by atoms with E-state index in [9.17, 15) is 9.59 Å². The van der Waals surface area contributed by atoms with E-state index in [4.69, 9.17) is 4.74 Å². The number of anilines is 2. The SMILES string of the molecule is CNC(=O)[C@@H]1CN(CC(=O)Nc2ccccc2Br)c2ccccc2O1. The van der Waals surface area contributed by atoms with Gasteiger partial charge in [0.25, 0.3) is 5.91 Å². The number of ether oxygens (including phenoxy) is 1. The Morgan fingerprint density at radius 2 is 1.92 bits per heavy atom. The molecule has 6 nitrogen and oxygen atoms in total. The van der Waals surface area contributed by atoms with E-state index in [1.54, 1.807) is 13.1 Å². The van der Waals surface area contributed by atoms with E-state index in [-0.39, 0.29) is 18.4 Å². The van der Waals surface area contributed by atoms with Gasteiger partial charge in [-0.05, 0) is 40.2 Å². The zero-order chi connectivity index (χ0) is 17.8. The number of carbonyl (C=O) groups excluding carboxylic acids is 2. The molecule has 0 saturated heterocycles. The van der Waals surface area contributed by atoms with Crippen LogP contribution >= 0.6 is 15.9 Å². The average Bonchev–Trinajstić information content (AvgIpc) is 2.62. The van der Waals surface area contributed by atoms with Crippen molar-refractivity contribution in [3.05, 3.63) is 53.0 Å². The topological polar surface area (TPSA) is 70.7 Å². The fourth-order valence-electron chi connectivity index (χ4n) is 2.68. The number of carbonyl (C=O) groups is 2. The summed E-state index contributed by atoms with van der Waals surface area (Å²) in [6, 6.07) is 14.8. The van der Waals surface area contributed by atoms with Gasteiger partial charge in [0.1, 0.15) is 5.75 Å². The minimum absolute atomic E-state index is 0.120. The Bertz CT molecular complexity index is 797. The third-order valence-electron chi connectivity index (χ3n) is 3.88. The van der Waals surface area contributed by atoms with Crippen LogP contribution in [-0.2, 0) is 9.59 Å². The Kier molecular flexibility index (Phi) is 5.23. The summed E-state index contributed by atoms with van der Waals surface area (Å²) in [6.45, 7) is 0.426. The molecule has 0 fully saturated rings. The number of hydrogen-bond donors (Lipinski definition) is 2. The molecule has 7 heteroatoms. The van der Waals surface area contributed by atoms with Gasteiger partial charge in [0.05, 0.1) is 24.5 Å². The second-order valence-corrected chi connectivity index (χ2v) is 6.45. The third kappa shape index (κ3) is 3.93. The fraction of sp³-hybridized carbons (Fsp3) is 0.222. The molecular weight excluding hydrogens is 386 g/mol. The summed E-state index contributed by atoms with van der Waals surface area (Å²) in [5.74, 6) is 0.209. The molecule has 25 heavy (non-hydrogen) atoms. The van der Waals surface area contributed by atoms with Crippen molar-refractivity contribution in [3.63, 3.8) is 0 Å². The smallest absolute Gasteiger partial charge is 0.262 e. The summed E-state index contributed by atoms with van der Waals surface area (Å²) in [7, 11) is 1.57. The molecule has 3 rings (SSSR count). The van der Waals surface area contributed by atoms with Crippen LogP contribution in [0.2, 0.25) is 0 Å². The summed E-state index contributed by atoms with van der Waals surface area (Å²) < 4.78 is 6.55. The van der Waals surface area contributed by atoms with E-state index in [1.165, 1.54) is 0 Å². The maximum atomic E-state index is 12.5. The number of halogens is 1. The van der Waals surface area contributed by atoms with Gasteiger partial charge in [0.15, 0.2) is 6.10 Å². The summed E-state index contributed by atoms with van der Waals surface area (Å²) in [5, 5.41) is 5.47. The molecule has 2 aromatic rings. The third-order valence-corrected chi connectivity index (χ3v) is 4.57. The number of hydrogen-bond acceptors (Lipinski definition) is 4. The highest BCUT2D eigenvalue weighted by Gasteiger charge is 2.31. The highest BCUT2D eigenvalue weighted by molar-refractivity contribution is 9.10. The van der Waals surface area contributed by atoms with E-state index in [2.05, 4.69) is 26.6 Å². The molecule has 2 aromatic carbocycles. The molecule has 0 bridgehead atoms. The van der Waals surface area contributed by atoms with E-state index in [0.717, 1.165) is 10.2 Å². The van der Waals surface area contributed by atoms with Gasteiger partial charge in [0.2, 0.25) is 5.91 Å². The van der Waals surface area contributed by atoms with Crippen LogP contribution in [0.3, 0.4) is 0 Å². The average molecular weight is 404 g/mol. The van der Waals surface area contributed by atoms with Gasteiger partial charge < -0.3 is 20.3 Å². The minimum Gasteiger partial charge on any atom is -0.477 e. The number of likely N-dealkylation sites (N-methyl/N-ethyl adjacent to an activating group) is 1. The number of benzene rings is 2. The molecule has 2 amide bonds. The molecule has 0 saturated carbocycles. The fourth-order valence-corrected chi connectivity index (χ4v) is 3.06. The normalized spacial score (nSPS) is 15.8. The predicted molar refractivity (Wildman–Crippen MR) is 99.9 cm³/mol. The second-order valence-electron chi connectivity index (χ2n) is 5.60. The van der Waals surface area contributed by atoms with Crippen LogP contribution in [0, 0.1) is 0 Å². The first-order chi connectivity index (χ1) is 12.1. The maximum absolute atomic E-state index is 12.5. The number of rotatable bonds is 4. The van der Waals surface area contributed by atoms with Crippen molar-refractivity contribution >= 4 is 39.1 Å². The molecule has 1 aliphatic rings. The molecule has 0 spiro atoms. The molecule has 0 radical (unpaired) electrons. The van der Waals surface area contributed by atoms with Crippen molar-refractivity contribution < 1.29 is 14.3 Å². The highest BCUT2D eigenvalue weighted by atomic mass is 79.9. The first kappa shape index (κ1) is 17.3. The number of nitrogens with zero attached hydrogens (tertiary/aromatic N) is 1. The zero-order valence-corrected chi connectivity index (χ0v) is 15.2. The van der Waals surface area contributed by atoms with Crippen molar-refractivity contribution in [2.24, 2.45) is 0 Å². The van der Waals surface area contributed by atoms with E-state index in [0.29, 0.717) is 18.0 Å². The van der Waals surface area contributed by atoms with Crippen LogP contribution in [-0.4, -0.2) is 38.1 Å². The lowest BCUT2D eigenvalue weighted by Crippen LogP contribution is -2.50. The Morgan fingerprint density at radius 3 is 2.68 bits per heavy atom. The number of para-hydroxylation sites is 3. The predicted octanol–water partition coefficient (Wildman–Crippen LogP) is 2.40. The number of fused-ring (bicyclic) bond motifs is 1. The van der Waals surface area contributed by atoms with Crippen molar-refractivity contribution in [3.8, 4) is 5.75 Å². The van der Waals surface area contributed by atoms with E-state index >= 15 is 0 Å². The van der Waals surface area contributed by atoms with Crippen LogP contribution < -0.4 is 20.3 Å². The molecule has 2 N–H and O–H groups in total. The van der Waals surface area contributed by atoms with Crippen LogP contribution in [0.15, 0.2) is 53.0 Å². The lowest BCUT2D eigenvalue weighted by molar-refractivity contribution is -0.127. The lowest BCUT2D eigenvalue weighted by atomic mass is 10.1. The molecular formula is C18H18BrN3O3. The van der Waals surface area contributed by atoms with Crippen molar-refractivity contribution in [2.45, 2.75) is 6.10 Å². The Hall–Kier alpha value is -2.54. The maximum Gasteiger partial charge on any atom is 0.262 e. The van der Waals surface area contributed by atoms with Gasteiger partial charge in [-0.3, -0.25) is 9.59 Å². The Balaban J connectivity index is 1.77. The van der Waals surface area contributed by atoms with Crippen LogP contribution in [0.1, 0.15) is 0 Å². The largest absolute Gasteiger partial charge is 0.477 e. The quantitative estimate of drug-likeness (QED) is 0.821. The lowest BCUT2D eigenvalue weighted by Gasteiger charge is -2.35. The van der Waals surface area contributed by atoms with Crippen molar-refractivity contribution in [2.75, 3.05) is 30.4 Å². The summed E-state index contributed by atoms with van der Waals surface area (Å²) >= 11 is 3.41.